The molecule has 19 heavy (non-hydrogen) atoms. The zero-order valence-electron chi connectivity index (χ0n) is 10.4. The third-order valence-corrected chi connectivity index (χ3v) is 3.95. The van der Waals surface area contributed by atoms with Crippen molar-refractivity contribution < 1.29 is 4.79 Å². The van der Waals surface area contributed by atoms with E-state index in [1.807, 2.05) is 36.4 Å². The maximum absolute atomic E-state index is 12.1. The number of benzene rings is 2. The van der Waals surface area contributed by atoms with Gasteiger partial charge in [0.15, 0.2) is 0 Å². The molecular weight excluding hydrogens is 370 g/mol. The molecule has 0 atom stereocenters. The van der Waals surface area contributed by atoms with Gasteiger partial charge in [-0.2, -0.15) is 0 Å². The summed E-state index contributed by atoms with van der Waals surface area (Å²) in [6.07, 6.45) is 0.993. The van der Waals surface area contributed by atoms with Crippen molar-refractivity contribution >= 4 is 43.5 Å². The molecule has 0 heterocycles. The minimum atomic E-state index is -0.122. The molecule has 0 radical (unpaired) electrons. The zero-order chi connectivity index (χ0) is 13.8. The maximum atomic E-state index is 12.1. The van der Waals surface area contributed by atoms with E-state index in [1.54, 1.807) is 6.07 Å². The fraction of sp³-hybridized carbons (Fsp3) is 0.133. The summed E-state index contributed by atoms with van der Waals surface area (Å²) in [6.45, 7) is 2.10. The summed E-state index contributed by atoms with van der Waals surface area (Å²) < 4.78 is 1.70. The number of amides is 1. The van der Waals surface area contributed by atoms with Crippen LogP contribution in [-0.2, 0) is 6.42 Å². The average molecular weight is 383 g/mol. The fourth-order valence-corrected chi connectivity index (χ4v) is 2.92. The molecule has 98 valence electrons. The summed E-state index contributed by atoms with van der Waals surface area (Å²) in [7, 11) is 0. The number of nitrogens with one attached hydrogen (secondary N) is 1. The van der Waals surface area contributed by atoms with Crippen molar-refractivity contribution in [1.82, 2.24) is 0 Å². The molecule has 4 heteroatoms. The number of halogens is 2. The molecule has 0 saturated heterocycles. The van der Waals surface area contributed by atoms with Crippen molar-refractivity contribution in [2.75, 3.05) is 5.32 Å². The second-order valence-electron chi connectivity index (χ2n) is 4.13. The van der Waals surface area contributed by atoms with Gasteiger partial charge in [0.25, 0.3) is 5.91 Å². The smallest absolute Gasteiger partial charge is 0.256 e. The molecule has 0 aliphatic carbocycles. The van der Waals surface area contributed by atoms with Crippen LogP contribution in [0.3, 0.4) is 0 Å². The van der Waals surface area contributed by atoms with E-state index in [4.69, 9.17) is 0 Å². The van der Waals surface area contributed by atoms with Crippen LogP contribution in [0.4, 0.5) is 5.69 Å². The van der Waals surface area contributed by atoms with E-state index in [0.29, 0.717) is 5.56 Å². The van der Waals surface area contributed by atoms with Crippen LogP contribution in [0.1, 0.15) is 22.8 Å². The Bertz CT molecular complexity index is 594. The van der Waals surface area contributed by atoms with Gasteiger partial charge in [-0.15, -0.1) is 0 Å². The molecule has 0 fully saturated rings. The van der Waals surface area contributed by atoms with Crippen LogP contribution < -0.4 is 5.32 Å². The van der Waals surface area contributed by atoms with E-state index in [9.17, 15) is 4.79 Å². The van der Waals surface area contributed by atoms with Crippen LogP contribution in [0.15, 0.2) is 51.4 Å². The predicted molar refractivity (Wildman–Crippen MR) is 85.6 cm³/mol. The summed E-state index contributed by atoms with van der Waals surface area (Å²) in [6, 6.07) is 13.4. The molecule has 0 bridgehead atoms. The monoisotopic (exact) mass is 381 g/mol. The van der Waals surface area contributed by atoms with Crippen molar-refractivity contribution in [1.29, 1.82) is 0 Å². The Morgan fingerprint density at radius 2 is 1.79 bits per heavy atom. The highest BCUT2D eigenvalue weighted by Crippen LogP contribution is 2.23. The number of carbonyl (C=O) groups excluding carboxylic acids is 1. The minimum absolute atomic E-state index is 0.122. The van der Waals surface area contributed by atoms with E-state index in [0.717, 1.165) is 21.1 Å². The van der Waals surface area contributed by atoms with E-state index in [2.05, 4.69) is 44.1 Å². The SMILES string of the molecule is CCc1ccc(NC(=O)c2ccc(Br)cc2Br)cc1. The number of hydrogen-bond acceptors (Lipinski definition) is 1. The average Bonchev–Trinajstić information content (AvgIpc) is 2.39. The van der Waals surface area contributed by atoms with E-state index in [-0.39, 0.29) is 5.91 Å². The lowest BCUT2D eigenvalue weighted by molar-refractivity contribution is 0.102. The van der Waals surface area contributed by atoms with Crippen LogP contribution >= 0.6 is 31.9 Å². The molecule has 2 aromatic rings. The molecular formula is C15H13Br2NO. The molecule has 0 saturated carbocycles. The molecule has 0 unspecified atom stereocenters. The molecule has 0 aliphatic rings. The summed E-state index contributed by atoms with van der Waals surface area (Å²) in [5, 5.41) is 2.89. The van der Waals surface area contributed by atoms with Gasteiger partial charge in [-0.3, -0.25) is 4.79 Å². The maximum Gasteiger partial charge on any atom is 0.256 e. The Kier molecular flexibility index (Phi) is 4.77. The molecule has 2 aromatic carbocycles. The Balaban J connectivity index is 2.15. The lowest BCUT2D eigenvalue weighted by Gasteiger charge is -2.08. The number of hydrogen-bond donors (Lipinski definition) is 1. The van der Waals surface area contributed by atoms with Crippen molar-refractivity contribution in [3.05, 3.63) is 62.5 Å². The van der Waals surface area contributed by atoms with Crippen molar-refractivity contribution in [3.8, 4) is 0 Å². The molecule has 0 aliphatic heterocycles. The van der Waals surface area contributed by atoms with Gasteiger partial charge in [0.05, 0.1) is 5.56 Å². The number of carbonyl (C=O) groups is 1. The van der Waals surface area contributed by atoms with Gasteiger partial charge in [-0.05, 0) is 58.2 Å². The first-order valence-corrected chi connectivity index (χ1v) is 7.54. The third kappa shape index (κ3) is 3.67. The van der Waals surface area contributed by atoms with Gasteiger partial charge < -0.3 is 5.32 Å². The predicted octanol–water partition coefficient (Wildman–Crippen LogP) is 5.03. The molecule has 0 aromatic heterocycles. The summed E-state index contributed by atoms with van der Waals surface area (Å²) in [5.74, 6) is -0.122. The highest BCUT2D eigenvalue weighted by atomic mass is 79.9. The van der Waals surface area contributed by atoms with Crippen LogP contribution in [0.25, 0.3) is 0 Å². The summed E-state index contributed by atoms with van der Waals surface area (Å²) >= 11 is 6.76. The number of aryl methyl sites for hydroxylation is 1. The van der Waals surface area contributed by atoms with Crippen LogP contribution in [0, 0.1) is 0 Å². The highest BCUT2D eigenvalue weighted by Gasteiger charge is 2.10. The standard InChI is InChI=1S/C15H13Br2NO/c1-2-10-3-6-12(7-4-10)18-15(19)13-8-5-11(16)9-14(13)17/h3-9H,2H2,1H3,(H,18,19). The first-order chi connectivity index (χ1) is 9.10. The van der Waals surface area contributed by atoms with E-state index in [1.165, 1.54) is 5.56 Å². The Morgan fingerprint density at radius 1 is 1.11 bits per heavy atom. The van der Waals surface area contributed by atoms with Crippen LogP contribution in [0.2, 0.25) is 0 Å². The van der Waals surface area contributed by atoms with Crippen LogP contribution in [-0.4, -0.2) is 5.91 Å². The zero-order valence-corrected chi connectivity index (χ0v) is 13.6. The second kappa shape index (κ2) is 6.35. The number of anilines is 1. The summed E-state index contributed by atoms with van der Waals surface area (Å²) in [4.78, 5) is 12.1. The molecule has 0 spiro atoms. The molecule has 1 amide bonds. The minimum Gasteiger partial charge on any atom is -0.322 e. The van der Waals surface area contributed by atoms with Gasteiger partial charge in [0.1, 0.15) is 0 Å². The Hall–Kier alpha value is -1.13. The van der Waals surface area contributed by atoms with Gasteiger partial charge in [0.2, 0.25) is 0 Å². The lowest BCUT2D eigenvalue weighted by Crippen LogP contribution is -2.12. The topological polar surface area (TPSA) is 29.1 Å². The molecule has 1 N–H and O–H groups in total. The van der Waals surface area contributed by atoms with Crippen molar-refractivity contribution in [2.45, 2.75) is 13.3 Å². The molecule has 2 rings (SSSR count). The Morgan fingerprint density at radius 3 is 2.37 bits per heavy atom. The van der Waals surface area contributed by atoms with Crippen LogP contribution in [0.5, 0.6) is 0 Å². The van der Waals surface area contributed by atoms with Crippen molar-refractivity contribution in [2.24, 2.45) is 0 Å². The Labute approximate surface area is 129 Å². The molecule has 2 nitrogen and oxygen atoms in total. The van der Waals surface area contributed by atoms with Gasteiger partial charge in [-0.1, -0.05) is 35.0 Å². The third-order valence-electron chi connectivity index (χ3n) is 2.80. The van der Waals surface area contributed by atoms with Crippen molar-refractivity contribution in [3.63, 3.8) is 0 Å². The second-order valence-corrected chi connectivity index (χ2v) is 5.90. The van der Waals surface area contributed by atoms with Gasteiger partial charge in [-0.25, -0.2) is 0 Å². The lowest BCUT2D eigenvalue weighted by atomic mass is 10.1. The number of rotatable bonds is 3. The largest absolute Gasteiger partial charge is 0.322 e. The first kappa shape index (κ1) is 14.3. The van der Waals surface area contributed by atoms with Gasteiger partial charge in [0, 0.05) is 14.6 Å². The normalized spacial score (nSPS) is 10.3. The van der Waals surface area contributed by atoms with E-state index < -0.39 is 0 Å². The highest BCUT2D eigenvalue weighted by molar-refractivity contribution is 9.11. The fourth-order valence-electron chi connectivity index (χ4n) is 1.70. The summed E-state index contributed by atoms with van der Waals surface area (Å²) in [5.41, 5.74) is 2.67. The van der Waals surface area contributed by atoms with Gasteiger partial charge >= 0.3 is 0 Å². The van der Waals surface area contributed by atoms with E-state index >= 15 is 0 Å². The quantitative estimate of drug-likeness (QED) is 0.792. The first-order valence-electron chi connectivity index (χ1n) is 5.95.